The van der Waals surface area contributed by atoms with Crippen LogP contribution >= 0.6 is 0 Å². The molecule has 3 rings (SSSR count). The molecule has 1 aliphatic carbocycles. The zero-order valence-electron chi connectivity index (χ0n) is 25.9. The van der Waals surface area contributed by atoms with Gasteiger partial charge in [-0.05, 0) is 38.5 Å². The molecule has 3 fully saturated rings. The number of amides is 6. The topological polar surface area (TPSA) is 194 Å². The monoisotopic (exact) mass is 628 g/mol. The Hall–Kier alpha value is -3.08. The van der Waals surface area contributed by atoms with Crippen LogP contribution in [-0.4, -0.2) is 161 Å². The Labute approximate surface area is 259 Å². The van der Waals surface area contributed by atoms with Gasteiger partial charge in [-0.25, -0.2) is 19.2 Å². The molecular weight excluding hydrogens is 576 g/mol. The van der Waals surface area contributed by atoms with E-state index in [2.05, 4.69) is 10.6 Å². The van der Waals surface area contributed by atoms with Crippen molar-refractivity contribution in [3.05, 3.63) is 0 Å². The summed E-state index contributed by atoms with van der Waals surface area (Å²) in [6, 6.07) is -0.342. The van der Waals surface area contributed by atoms with E-state index in [-0.39, 0.29) is 36.5 Å². The number of nitrogens with zero attached hydrogens (tertiary/aromatic N) is 4. The van der Waals surface area contributed by atoms with Crippen LogP contribution in [0.3, 0.4) is 0 Å². The van der Waals surface area contributed by atoms with Crippen LogP contribution in [0.2, 0.25) is 0 Å². The molecule has 0 bridgehead atoms. The second-order valence-corrected chi connectivity index (χ2v) is 11.1. The van der Waals surface area contributed by atoms with E-state index in [4.69, 9.17) is 30.4 Å². The zero-order valence-corrected chi connectivity index (χ0v) is 25.9. The lowest BCUT2D eigenvalue weighted by Crippen LogP contribution is -2.54. The Morgan fingerprint density at radius 2 is 0.886 bits per heavy atom. The third-order valence-corrected chi connectivity index (χ3v) is 7.86. The third-order valence-electron chi connectivity index (χ3n) is 7.86. The third kappa shape index (κ3) is 12.5. The van der Waals surface area contributed by atoms with E-state index in [9.17, 15) is 19.2 Å². The molecule has 0 atom stereocenters. The number of nitrogens with two attached hydrogens (primary N) is 2. The minimum absolute atomic E-state index is 0.171. The second kappa shape index (κ2) is 20.0. The Balaban J connectivity index is 1.27. The summed E-state index contributed by atoms with van der Waals surface area (Å²) in [6.07, 6.45) is 3.34. The van der Waals surface area contributed by atoms with Gasteiger partial charge < -0.3 is 60.6 Å². The largest absolute Gasteiger partial charge is 0.446 e. The van der Waals surface area contributed by atoms with Crippen molar-refractivity contribution in [1.82, 2.24) is 30.2 Å². The summed E-state index contributed by atoms with van der Waals surface area (Å²) < 4.78 is 22.2. The highest BCUT2D eigenvalue weighted by atomic mass is 16.6. The van der Waals surface area contributed by atoms with Gasteiger partial charge in [-0.1, -0.05) is 0 Å². The van der Waals surface area contributed by atoms with Gasteiger partial charge >= 0.3 is 24.2 Å². The van der Waals surface area contributed by atoms with Crippen LogP contribution in [0.4, 0.5) is 19.2 Å². The van der Waals surface area contributed by atoms with Crippen LogP contribution in [-0.2, 0) is 18.9 Å². The highest BCUT2D eigenvalue weighted by molar-refractivity contribution is 5.75. The molecule has 2 aliphatic heterocycles. The Morgan fingerprint density at radius 3 is 1.23 bits per heavy atom. The average Bonchev–Trinajstić information content (AvgIpc) is 3.03. The van der Waals surface area contributed by atoms with Gasteiger partial charge in [-0.2, -0.15) is 0 Å². The van der Waals surface area contributed by atoms with Crippen LogP contribution < -0.4 is 22.1 Å². The average molecular weight is 629 g/mol. The standard InChI is InChI=1S/C28H52N8O8/c29-7-19-41-21-9-31-25(37)33-11-15-35(16-12-33)27(39)43-23-3-1-4-24(6-2-5-23)44-28(40)36-17-13-34(14-18-36)26(38)32-10-22-42-20-8-30/h23-24H,1-22,29-30H2,(H,31,37)(H,32,38). The second-order valence-electron chi connectivity index (χ2n) is 11.1. The molecule has 1 saturated carbocycles. The molecule has 16 heteroatoms. The number of urea groups is 2. The van der Waals surface area contributed by atoms with Gasteiger partial charge in [0.05, 0.1) is 26.4 Å². The molecule has 2 saturated heterocycles. The van der Waals surface area contributed by atoms with Crippen molar-refractivity contribution in [1.29, 1.82) is 0 Å². The Bertz CT molecular complexity index is 806. The van der Waals surface area contributed by atoms with Crippen LogP contribution in [0.15, 0.2) is 0 Å². The summed E-state index contributed by atoms with van der Waals surface area (Å²) in [6.45, 7) is 6.89. The number of nitrogens with one attached hydrogen (secondary N) is 2. The first-order valence-corrected chi connectivity index (χ1v) is 15.9. The normalized spacial score (nSPS) is 21.2. The first-order chi connectivity index (χ1) is 21.4. The van der Waals surface area contributed by atoms with Crippen molar-refractivity contribution in [3.63, 3.8) is 0 Å². The summed E-state index contributed by atoms with van der Waals surface area (Å²) in [5.41, 5.74) is 10.7. The fourth-order valence-electron chi connectivity index (χ4n) is 5.34. The highest BCUT2D eigenvalue weighted by Gasteiger charge is 2.30. The number of hydrogen-bond acceptors (Lipinski definition) is 10. The molecule has 0 radical (unpaired) electrons. The molecular formula is C28H52N8O8. The van der Waals surface area contributed by atoms with Crippen molar-refractivity contribution in [2.24, 2.45) is 11.5 Å². The van der Waals surface area contributed by atoms with Crippen LogP contribution in [0.25, 0.3) is 0 Å². The molecule has 0 unspecified atom stereocenters. The SMILES string of the molecule is NCCOCCNC(=O)N1CCN(C(=O)OC2CCCC(OC(=O)N3CCN(C(=O)NCCOCCN)CC3)CCC2)CC1. The lowest BCUT2D eigenvalue weighted by atomic mass is 9.96. The fourth-order valence-corrected chi connectivity index (χ4v) is 5.34. The summed E-state index contributed by atoms with van der Waals surface area (Å²) in [5.74, 6) is 0. The number of rotatable bonds is 12. The molecule has 16 nitrogen and oxygen atoms in total. The highest BCUT2D eigenvalue weighted by Crippen LogP contribution is 2.23. The maximum Gasteiger partial charge on any atom is 0.410 e. The van der Waals surface area contributed by atoms with Gasteiger partial charge in [-0.15, -0.1) is 0 Å². The molecule has 6 amide bonds. The maximum atomic E-state index is 12.8. The summed E-state index contributed by atoms with van der Waals surface area (Å²) in [5, 5.41) is 5.63. The lowest BCUT2D eigenvalue weighted by molar-refractivity contribution is 0.0196. The molecule has 0 spiro atoms. The summed E-state index contributed by atoms with van der Waals surface area (Å²) in [7, 11) is 0. The van der Waals surface area contributed by atoms with Gasteiger partial charge in [0, 0.05) is 78.5 Å². The smallest absolute Gasteiger partial charge is 0.410 e. The predicted octanol–water partition coefficient (Wildman–Crippen LogP) is -0.0440. The van der Waals surface area contributed by atoms with E-state index in [1.54, 1.807) is 19.6 Å². The number of ether oxygens (including phenoxy) is 4. The summed E-state index contributed by atoms with van der Waals surface area (Å²) >= 11 is 0. The van der Waals surface area contributed by atoms with Crippen molar-refractivity contribution in [2.75, 3.05) is 105 Å². The van der Waals surface area contributed by atoms with Crippen LogP contribution in [0.5, 0.6) is 0 Å². The maximum absolute atomic E-state index is 12.8. The van der Waals surface area contributed by atoms with E-state index < -0.39 is 0 Å². The van der Waals surface area contributed by atoms with Gasteiger partial charge in [0.1, 0.15) is 12.2 Å². The summed E-state index contributed by atoms with van der Waals surface area (Å²) in [4.78, 5) is 56.9. The lowest BCUT2D eigenvalue weighted by Gasteiger charge is -2.35. The molecule has 44 heavy (non-hydrogen) atoms. The van der Waals surface area contributed by atoms with Crippen LogP contribution in [0.1, 0.15) is 38.5 Å². The molecule has 3 aliphatic rings. The predicted molar refractivity (Wildman–Crippen MR) is 161 cm³/mol. The van der Waals surface area contributed by atoms with Gasteiger partial charge in [-0.3, -0.25) is 0 Å². The zero-order chi connectivity index (χ0) is 31.6. The minimum atomic E-state index is -0.346. The van der Waals surface area contributed by atoms with Gasteiger partial charge in [0.2, 0.25) is 0 Å². The van der Waals surface area contributed by atoms with E-state index in [0.717, 1.165) is 12.8 Å². The molecule has 2 heterocycles. The number of carbonyl (C=O) groups is 4. The van der Waals surface area contributed by atoms with Crippen molar-refractivity contribution in [2.45, 2.75) is 50.7 Å². The van der Waals surface area contributed by atoms with Crippen molar-refractivity contribution < 1.29 is 38.1 Å². The Kier molecular flexibility index (Phi) is 16.1. The molecule has 6 N–H and O–H groups in total. The Morgan fingerprint density at radius 1 is 0.545 bits per heavy atom. The van der Waals surface area contributed by atoms with Gasteiger partial charge in [0.15, 0.2) is 0 Å². The molecule has 0 aromatic carbocycles. The molecule has 0 aromatic rings. The number of hydrogen-bond donors (Lipinski definition) is 4. The minimum Gasteiger partial charge on any atom is -0.446 e. The van der Waals surface area contributed by atoms with Gasteiger partial charge in [0.25, 0.3) is 0 Å². The first kappa shape index (κ1) is 35.4. The van der Waals surface area contributed by atoms with E-state index in [1.165, 1.54) is 0 Å². The quantitative estimate of drug-likeness (QED) is 0.213. The first-order valence-electron chi connectivity index (χ1n) is 15.9. The van der Waals surface area contributed by atoms with E-state index in [0.29, 0.717) is 131 Å². The van der Waals surface area contributed by atoms with Crippen molar-refractivity contribution in [3.8, 4) is 0 Å². The number of piperazine rings is 2. The van der Waals surface area contributed by atoms with E-state index in [1.807, 2.05) is 0 Å². The molecule has 252 valence electrons. The fraction of sp³-hybridized carbons (Fsp3) is 0.857. The van der Waals surface area contributed by atoms with Crippen molar-refractivity contribution >= 4 is 24.2 Å². The molecule has 0 aromatic heterocycles. The van der Waals surface area contributed by atoms with Crippen LogP contribution in [0, 0.1) is 0 Å². The van der Waals surface area contributed by atoms with E-state index >= 15 is 0 Å². The number of carbonyl (C=O) groups excluding carboxylic acids is 4.